The minimum atomic E-state index is -0.544. The SMILES string of the molecule is CC(C)n1cc(Br)cc1C(=O)NCc1cc(F)ccc1F. The Morgan fingerprint density at radius 1 is 1.33 bits per heavy atom. The van der Waals surface area contributed by atoms with Crippen LogP contribution in [-0.2, 0) is 6.54 Å². The summed E-state index contributed by atoms with van der Waals surface area (Å²) < 4.78 is 29.2. The lowest BCUT2D eigenvalue weighted by Gasteiger charge is -2.13. The fourth-order valence-corrected chi connectivity index (χ4v) is 2.44. The number of hydrogen-bond acceptors (Lipinski definition) is 1. The average molecular weight is 357 g/mol. The number of halogens is 3. The Morgan fingerprint density at radius 3 is 2.71 bits per heavy atom. The highest BCUT2D eigenvalue weighted by molar-refractivity contribution is 9.10. The molecule has 0 unspecified atom stereocenters. The minimum absolute atomic E-state index is 0.0661. The quantitative estimate of drug-likeness (QED) is 0.881. The maximum atomic E-state index is 13.5. The van der Waals surface area contributed by atoms with Gasteiger partial charge in [-0.25, -0.2) is 8.78 Å². The predicted octanol–water partition coefficient (Wildman–Crippen LogP) is 4.04. The van der Waals surface area contributed by atoms with E-state index in [-0.39, 0.29) is 24.1 Å². The molecule has 2 rings (SSSR count). The van der Waals surface area contributed by atoms with Crippen molar-refractivity contribution in [3.8, 4) is 0 Å². The number of nitrogens with zero attached hydrogens (tertiary/aromatic N) is 1. The molecular weight excluding hydrogens is 342 g/mol. The van der Waals surface area contributed by atoms with Crippen LogP contribution >= 0.6 is 15.9 Å². The van der Waals surface area contributed by atoms with E-state index in [1.54, 1.807) is 10.6 Å². The van der Waals surface area contributed by atoms with Crippen molar-refractivity contribution in [2.24, 2.45) is 0 Å². The number of carbonyl (C=O) groups is 1. The van der Waals surface area contributed by atoms with Gasteiger partial charge in [0.15, 0.2) is 0 Å². The molecule has 0 saturated carbocycles. The summed E-state index contributed by atoms with van der Waals surface area (Å²) in [5.74, 6) is -1.41. The molecule has 112 valence electrons. The molecule has 0 atom stereocenters. The Balaban J connectivity index is 2.14. The first-order valence-electron chi connectivity index (χ1n) is 6.48. The van der Waals surface area contributed by atoms with E-state index in [4.69, 9.17) is 0 Å². The maximum Gasteiger partial charge on any atom is 0.268 e. The molecule has 1 aromatic heterocycles. The molecule has 0 aliphatic heterocycles. The molecule has 0 bridgehead atoms. The lowest BCUT2D eigenvalue weighted by Crippen LogP contribution is -2.26. The van der Waals surface area contributed by atoms with Crippen LogP contribution in [0.1, 0.15) is 35.9 Å². The van der Waals surface area contributed by atoms with Crippen molar-refractivity contribution in [1.82, 2.24) is 9.88 Å². The predicted molar refractivity (Wildman–Crippen MR) is 80.0 cm³/mol. The van der Waals surface area contributed by atoms with E-state index in [2.05, 4.69) is 21.2 Å². The molecule has 1 aromatic carbocycles. The molecule has 6 heteroatoms. The maximum absolute atomic E-state index is 13.5. The van der Waals surface area contributed by atoms with Crippen LogP contribution in [0.15, 0.2) is 34.9 Å². The topological polar surface area (TPSA) is 34.0 Å². The zero-order chi connectivity index (χ0) is 15.6. The van der Waals surface area contributed by atoms with Gasteiger partial charge in [-0.15, -0.1) is 0 Å². The second kappa shape index (κ2) is 6.39. The summed E-state index contributed by atoms with van der Waals surface area (Å²) in [4.78, 5) is 12.2. The number of aromatic nitrogens is 1. The number of amides is 1. The monoisotopic (exact) mass is 356 g/mol. The largest absolute Gasteiger partial charge is 0.347 e. The van der Waals surface area contributed by atoms with E-state index < -0.39 is 11.6 Å². The fraction of sp³-hybridized carbons (Fsp3) is 0.267. The first kappa shape index (κ1) is 15.7. The molecule has 0 aliphatic rings. The summed E-state index contributed by atoms with van der Waals surface area (Å²) in [5.41, 5.74) is 0.582. The highest BCUT2D eigenvalue weighted by Crippen LogP contribution is 2.19. The minimum Gasteiger partial charge on any atom is -0.347 e. The lowest BCUT2D eigenvalue weighted by molar-refractivity contribution is 0.0939. The summed E-state index contributed by atoms with van der Waals surface area (Å²) in [7, 11) is 0. The molecule has 2 aromatic rings. The molecule has 3 nitrogen and oxygen atoms in total. The third kappa shape index (κ3) is 3.69. The van der Waals surface area contributed by atoms with Crippen molar-refractivity contribution in [3.63, 3.8) is 0 Å². The highest BCUT2D eigenvalue weighted by atomic mass is 79.9. The van der Waals surface area contributed by atoms with Gasteiger partial charge < -0.3 is 9.88 Å². The van der Waals surface area contributed by atoms with Gasteiger partial charge in [-0.1, -0.05) is 0 Å². The van der Waals surface area contributed by atoms with Crippen molar-refractivity contribution >= 4 is 21.8 Å². The fourth-order valence-electron chi connectivity index (χ4n) is 2.00. The standard InChI is InChI=1S/C15H15BrF2N2O/c1-9(2)20-8-11(16)6-14(20)15(21)19-7-10-5-12(17)3-4-13(10)18/h3-6,8-9H,7H2,1-2H3,(H,19,21). The second-order valence-corrected chi connectivity index (χ2v) is 5.88. The molecule has 0 spiro atoms. The van der Waals surface area contributed by atoms with Gasteiger partial charge in [0.25, 0.3) is 5.91 Å². The molecule has 0 saturated heterocycles. The molecule has 21 heavy (non-hydrogen) atoms. The normalized spacial score (nSPS) is 11.0. The summed E-state index contributed by atoms with van der Waals surface area (Å²) in [5, 5.41) is 2.60. The van der Waals surface area contributed by atoms with Crippen LogP contribution in [0.5, 0.6) is 0 Å². The van der Waals surface area contributed by atoms with Gasteiger partial charge in [0.05, 0.1) is 0 Å². The highest BCUT2D eigenvalue weighted by Gasteiger charge is 2.15. The van der Waals surface area contributed by atoms with Crippen molar-refractivity contribution in [2.45, 2.75) is 26.4 Å². The van der Waals surface area contributed by atoms with Crippen molar-refractivity contribution in [2.75, 3.05) is 0 Å². The third-order valence-electron chi connectivity index (χ3n) is 3.05. The van der Waals surface area contributed by atoms with Crippen LogP contribution in [0.3, 0.4) is 0 Å². The van der Waals surface area contributed by atoms with Crippen molar-refractivity contribution in [3.05, 3.63) is 57.8 Å². The first-order chi connectivity index (χ1) is 9.88. The number of hydrogen-bond donors (Lipinski definition) is 1. The first-order valence-corrected chi connectivity index (χ1v) is 7.27. The Hall–Kier alpha value is -1.69. The van der Waals surface area contributed by atoms with E-state index in [0.717, 1.165) is 22.7 Å². The van der Waals surface area contributed by atoms with E-state index in [9.17, 15) is 13.6 Å². The molecule has 0 aliphatic carbocycles. The van der Waals surface area contributed by atoms with Crippen LogP contribution in [0.2, 0.25) is 0 Å². The van der Waals surface area contributed by atoms with Gasteiger partial charge in [0.1, 0.15) is 17.3 Å². The van der Waals surface area contributed by atoms with Gasteiger partial charge in [-0.05, 0) is 54.0 Å². The third-order valence-corrected chi connectivity index (χ3v) is 3.49. The van der Waals surface area contributed by atoms with Gasteiger partial charge in [-0.2, -0.15) is 0 Å². The molecule has 0 radical (unpaired) electrons. The zero-order valence-corrected chi connectivity index (χ0v) is 13.2. The number of rotatable bonds is 4. The summed E-state index contributed by atoms with van der Waals surface area (Å²) in [6.45, 7) is 3.84. The molecule has 1 N–H and O–H groups in total. The Morgan fingerprint density at radius 2 is 2.05 bits per heavy atom. The van der Waals surface area contributed by atoms with Crippen LogP contribution in [-0.4, -0.2) is 10.5 Å². The molecule has 1 heterocycles. The molecular formula is C15H15BrF2N2O. The number of carbonyl (C=O) groups excluding carboxylic acids is 1. The van der Waals surface area contributed by atoms with Crippen molar-refractivity contribution < 1.29 is 13.6 Å². The number of nitrogens with one attached hydrogen (secondary N) is 1. The average Bonchev–Trinajstić information content (AvgIpc) is 2.82. The van der Waals surface area contributed by atoms with E-state index >= 15 is 0 Å². The second-order valence-electron chi connectivity index (χ2n) is 4.96. The molecule has 1 amide bonds. The van der Waals surface area contributed by atoms with Crippen LogP contribution < -0.4 is 5.32 Å². The van der Waals surface area contributed by atoms with E-state index in [1.807, 2.05) is 20.0 Å². The smallest absolute Gasteiger partial charge is 0.268 e. The summed E-state index contributed by atoms with van der Waals surface area (Å²) >= 11 is 3.33. The number of benzene rings is 1. The Labute approximate surface area is 130 Å². The van der Waals surface area contributed by atoms with E-state index in [0.29, 0.717) is 5.69 Å². The van der Waals surface area contributed by atoms with Crippen LogP contribution in [0, 0.1) is 11.6 Å². The van der Waals surface area contributed by atoms with Gasteiger partial charge >= 0.3 is 0 Å². The Kier molecular flexibility index (Phi) is 4.77. The molecule has 0 fully saturated rings. The lowest BCUT2D eigenvalue weighted by atomic mass is 10.2. The Bertz CT molecular complexity index is 668. The van der Waals surface area contributed by atoms with Gasteiger partial charge in [0.2, 0.25) is 0 Å². The zero-order valence-electron chi connectivity index (χ0n) is 11.7. The van der Waals surface area contributed by atoms with Crippen molar-refractivity contribution in [1.29, 1.82) is 0 Å². The van der Waals surface area contributed by atoms with Crippen LogP contribution in [0.4, 0.5) is 8.78 Å². The summed E-state index contributed by atoms with van der Waals surface area (Å²) in [6, 6.07) is 4.97. The van der Waals surface area contributed by atoms with Gasteiger partial charge in [0, 0.05) is 28.8 Å². The van der Waals surface area contributed by atoms with E-state index in [1.165, 1.54) is 0 Å². The van der Waals surface area contributed by atoms with Gasteiger partial charge in [-0.3, -0.25) is 4.79 Å². The van der Waals surface area contributed by atoms with Crippen LogP contribution in [0.25, 0.3) is 0 Å². The summed E-state index contributed by atoms with van der Waals surface area (Å²) in [6.07, 6.45) is 1.81.